The minimum absolute atomic E-state index is 0.0129. The Bertz CT molecular complexity index is 904. The molecule has 138 valence electrons. The van der Waals surface area contributed by atoms with Crippen LogP contribution in [-0.4, -0.2) is 43.7 Å². The number of phenolic OH excluding ortho intramolecular Hbond substituents is 1. The number of phenols is 1. The summed E-state index contributed by atoms with van der Waals surface area (Å²) in [5.74, 6) is 0.403. The molecule has 1 saturated heterocycles. The number of hydrogen-bond donors (Lipinski definition) is 1. The highest BCUT2D eigenvalue weighted by molar-refractivity contribution is 7.89. The molecule has 1 aliphatic rings. The topological polar surface area (TPSA) is 79.2 Å². The van der Waals surface area contributed by atoms with Crippen LogP contribution in [0.25, 0.3) is 0 Å². The Labute approximate surface area is 153 Å². The molecule has 3 rings (SSSR count). The van der Waals surface area contributed by atoms with Crippen LogP contribution in [0.4, 0.5) is 5.69 Å². The number of benzene rings is 2. The molecule has 7 heteroatoms. The largest absolute Gasteiger partial charge is 0.504 e. The first-order chi connectivity index (χ1) is 12.5. The van der Waals surface area contributed by atoms with E-state index >= 15 is 0 Å². The zero-order valence-corrected chi connectivity index (χ0v) is 15.4. The van der Waals surface area contributed by atoms with Crippen LogP contribution in [0.5, 0.6) is 11.5 Å². The minimum atomic E-state index is -3.48. The van der Waals surface area contributed by atoms with Crippen molar-refractivity contribution in [2.24, 2.45) is 4.99 Å². The molecule has 0 aliphatic carbocycles. The fraction of sp³-hybridized carbons (Fsp3) is 0.316. The second-order valence-corrected chi connectivity index (χ2v) is 7.93. The summed E-state index contributed by atoms with van der Waals surface area (Å²) in [6.07, 6.45) is 3.29. The third-order valence-electron chi connectivity index (χ3n) is 4.20. The molecule has 6 nitrogen and oxygen atoms in total. The van der Waals surface area contributed by atoms with Gasteiger partial charge in [0.2, 0.25) is 10.0 Å². The predicted octanol–water partition coefficient (Wildman–Crippen LogP) is 3.33. The average molecular weight is 374 g/mol. The van der Waals surface area contributed by atoms with Crippen molar-refractivity contribution < 1.29 is 18.3 Å². The third kappa shape index (κ3) is 3.89. The van der Waals surface area contributed by atoms with Gasteiger partial charge in [-0.2, -0.15) is 4.31 Å². The summed E-state index contributed by atoms with van der Waals surface area (Å²) >= 11 is 0. The SMILES string of the molecule is CCOc1cccc(C=Nc2cccc(S(=O)(=O)N3CCCC3)c2)c1O. The van der Waals surface area contributed by atoms with Gasteiger partial charge >= 0.3 is 0 Å². The first-order valence-corrected chi connectivity index (χ1v) is 10.1. The summed E-state index contributed by atoms with van der Waals surface area (Å²) in [5.41, 5.74) is 1.01. The van der Waals surface area contributed by atoms with Crippen LogP contribution in [-0.2, 0) is 10.0 Å². The smallest absolute Gasteiger partial charge is 0.243 e. The minimum Gasteiger partial charge on any atom is -0.504 e. The normalized spacial score (nSPS) is 15.6. The van der Waals surface area contributed by atoms with E-state index < -0.39 is 10.0 Å². The van der Waals surface area contributed by atoms with Gasteiger partial charge in [-0.25, -0.2) is 8.42 Å². The van der Waals surface area contributed by atoms with Gasteiger partial charge in [0.25, 0.3) is 0 Å². The Balaban J connectivity index is 1.85. The molecule has 0 bridgehead atoms. The molecular weight excluding hydrogens is 352 g/mol. The lowest BCUT2D eigenvalue weighted by Crippen LogP contribution is -2.27. The standard InChI is InChI=1S/C19H22N2O4S/c1-2-25-18-10-5-7-15(19(18)22)14-20-16-8-6-9-17(13-16)26(23,24)21-11-3-4-12-21/h5-10,13-14,22H,2-4,11-12H2,1H3. The van der Waals surface area contributed by atoms with E-state index in [9.17, 15) is 13.5 Å². The first kappa shape index (κ1) is 18.4. The maximum atomic E-state index is 12.6. The molecule has 1 N–H and O–H groups in total. The van der Waals surface area contributed by atoms with Gasteiger partial charge in [-0.15, -0.1) is 0 Å². The monoisotopic (exact) mass is 374 g/mol. The molecule has 0 aromatic heterocycles. The van der Waals surface area contributed by atoms with Crippen molar-refractivity contribution in [2.75, 3.05) is 19.7 Å². The van der Waals surface area contributed by atoms with E-state index in [2.05, 4.69) is 4.99 Å². The molecule has 2 aromatic rings. The van der Waals surface area contributed by atoms with Gasteiger partial charge in [0.05, 0.1) is 17.2 Å². The molecule has 0 saturated carbocycles. The number of aromatic hydroxyl groups is 1. The number of nitrogens with zero attached hydrogens (tertiary/aromatic N) is 2. The van der Waals surface area contributed by atoms with Crippen molar-refractivity contribution in [1.29, 1.82) is 0 Å². The van der Waals surface area contributed by atoms with Gasteiger partial charge in [0.15, 0.2) is 11.5 Å². The lowest BCUT2D eigenvalue weighted by molar-refractivity contribution is 0.318. The summed E-state index contributed by atoms with van der Waals surface area (Å²) in [7, 11) is -3.48. The predicted molar refractivity (Wildman–Crippen MR) is 101 cm³/mol. The summed E-state index contributed by atoms with van der Waals surface area (Å²) in [6.45, 7) is 3.42. The van der Waals surface area contributed by atoms with Crippen molar-refractivity contribution in [1.82, 2.24) is 4.31 Å². The molecule has 1 heterocycles. The summed E-state index contributed by atoms with van der Waals surface area (Å²) in [5, 5.41) is 10.2. The summed E-state index contributed by atoms with van der Waals surface area (Å²) in [4.78, 5) is 4.55. The van der Waals surface area contributed by atoms with E-state index in [4.69, 9.17) is 4.74 Å². The lowest BCUT2D eigenvalue weighted by atomic mass is 10.2. The zero-order chi connectivity index (χ0) is 18.6. The van der Waals surface area contributed by atoms with E-state index in [1.807, 2.05) is 6.92 Å². The number of para-hydroxylation sites is 1. The van der Waals surface area contributed by atoms with E-state index in [0.29, 0.717) is 36.7 Å². The summed E-state index contributed by atoms with van der Waals surface area (Å²) in [6, 6.07) is 11.7. The van der Waals surface area contributed by atoms with Crippen LogP contribution in [0.3, 0.4) is 0 Å². The molecule has 0 amide bonds. The van der Waals surface area contributed by atoms with Crippen LogP contribution in [0.15, 0.2) is 52.4 Å². The van der Waals surface area contributed by atoms with Gasteiger partial charge in [-0.1, -0.05) is 12.1 Å². The van der Waals surface area contributed by atoms with E-state index in [0.717, 1.165) is 12.8 Å². The van der Waals surface area contributed by atoms with Crippen LogP contribution < -0.4 is 4.74 Å². The maximum absolute atomic E-state index is 12.6. The van der Waals surface area contributed by atoms with Crippen molar-refractivity contribution >= 4 is 21.9 Å². The van der Waals surface area contributed by atoms with Crippen molar-refractivity contribution in [3.8, 4) is 11.5 Å². The summed E-state index contributed by atoms with van der Waals surface area (Å²) < 4.78 is 32.2. The fourth-order valence-corrected chi connectivity index (χ4v) is 4.42. The van der Waals surface area contributed by atoms with Crippen LogP contribution >= 0.6 is 0 Å². The van der Waals surface area contributed by atoms with Crippen molar-refractivity contribution in [2.45, 2.75) is 24.7 Å². The average Bonchev–Trinajstić information content (AvgIpc) is 3.18. The Morgan fingerprint density at radius 1 is 1.19 bits per heavy atom. The molecule has 0 radical (unpaired) electrons. The number of ether oxygens (including phenoxy) is 1. The zero-order valence-electron chi connectivity index (χ0n) is 14.6. The number of rotatable bonds is 6. The second-order valence-electron chi connectivity index (χ2n) is 5.99. The van der Waals surface area contributed by atoms with Crippen LogP contribution in [0.1, 0.15) is 25.3 Å². The highest BCUT2D eigenvalue weighted by Crippen LogP contribution is 2.29. The number of sulfonamides is 1. The van der Waals surface area contributed by atoms with Crippen molar-refractivity contribution in [3.05, 3.63) is 48.0 Å². The Hall–Kier alpha value is -2.38. The molecule has 26 heavy (non-hydrogen) atoms. The van der Waals surface area contributed by atoms with Gasteiger partial charge in [0, 0.05) is 24.9 Å². The van der Waals surface area contributed by atoms with Crippen molar-refractivity contribution in [3.63, 3.8) is 0 Å². The Kier molecular flexibility index (Phi) is 5.58. The van der Waals surface area contributed by atoms with E-state index in [1.165, 1.54) is 10.5 Å². The highest BCUT2D eigenvalue weighted by atomic mass is 32.2. The number of hydrogen-bond acceptors (Lipinski definition) is 5. The Morgan fingerprint density at radius 3 is 2.65 bits per heavy atom. The van der Waals surface area contributed by atoms with E-state index in [-0.39, 0.29) is 10.6 Å². The molecule has 0 spiro atoms. The number of aliphatic imine (C=N–C) groups is 1. The lowest BCUT2D eigenvalue weighted by Gasteiger charge is -2.15. The highest BCUT2D eigenvalue weighted by Gasteiger charge is 2.27. The quantitative estimate of drug-likeness (QED) is 0.787. The maximum Gasteiger partial charge on any atom is 0.243 e. The molecule has 2 aromatic carbocycles. The van der Waals surface area contributed by atoms with Gasteiger partial charge in [-0.05, 0) is 50.1 Å². The first-order valence-electron chi connectivity index (χ1n) is 8.61. The van der Waals surface area contributed by atoms with Gasteiger partial charge < -0.3 is 9.84 Å². The molecule has 1 aliphatic heterocycles. The second kappa shape index (κ2) is 7.88. The molecule has 0 unspecified atom stereocenters. The molecule has 1 fully saturated rings. The van der Waals surface area contributed by atoms with Gasteiger partial charge in [0.1, 0.15) is 0 Å². The molecule has 0 atom stereocenters. The van der Waals surface area contributed by atoms with Crippen LogP contribution in [0, 0.1) is 0 Å². The third-order valence-corrected chi connectivity index (χ3v) is 6.10. The van der Waals surface area contributed by atoms with Gasteiger partial charge in [-0.3, -0.25) is 4.99 Å². The molecular formula is C19H22N2O4S. The van der Waals surface area contributed by atoms with Crippen LogP contribution in [0.2, 0.25) is 0 Å². The Morgan fingerprint density at radius 2 is 1.92 bits per heavy atom. The van der Waals surface area contributed by atoms with E-state index in [1.54, 1.807) is 42.5 Å². The fourth-order valence-electron chi connectivity index (χ4n) is 2.86.